The Hall–Kier alpha value is -2.82. The molecule has 106 valence electrons. The molecule has 2 aromatic carbocycles. The number of benzene rings is 2. The first-order chi connectivity index (χ1) is 10.1. The lowest BCUT2D eigenvalue weighted by Gasteiger charge is -2.10. The molecule has 0 spiro atoms. The van der Waals surface area contributed by atoms with Crippen LogP contribution < -0.4 is 16.0 Å². The van der Waals surface area contributed by atoms with Crippen molar-refractivity contribution < 1.29 is 9.59 Å². The van der Waals surface area contributed by atoms with Crippen LogP contribution in [0.4, 0.5) is 21.9 Å². The second-order valence-electron chi connectivity index (χ2n) is 4.99. The molecule has 0 saturated carbocycles. The molecule has 1 heterocycles. The predicted octanol–water partition coefficient (Wildman–Crippen LogP) is 3.13. The number of carbonyl (C=O) groups is 2. The van der Waals surface area contributed by atoms with Crippen molar-refractivity contribution in [3.05, 3.63) is 53.6 Å². The van der Waals surface area contributed by atoms with Crippen molar-refractivity contribution in [2.24, 2.45) is 0 Å². The van der Waals surface area contributed by atoms with Crippen LogP contribution in [-0.2, 0) is 11.2 Å². The lowest BCUT2D eigenvalue weighted by Crippen LogP contribution is -2.19. The monoisotopic (exact) mass is 281 g/mol. The van der Waals surface area contributed by atoms with Crippen LogP contribution in [0.15, 0.2) is 42.5 Å². The molecule has 0 atom stereocenters. The molecule has 0 aliphatic carbocycles. The maximum absolute atomic E-state index is 12.0. The molecule has 0 bridgehead atoms. The van der Waals surface area contributed by atoms with Crippen LogP contribution in [0.5, 0.6) is 0 Å². The zero-order valence-corrected chi connectivity index (χ0v) is 11.6. The summed E-state index contributed by atoms with van der Waals surface area (Å²) in [5.74, 6) is -0.0217. The fourth-order valence-electron chi connectivity index (χ4n) is 2.29. The van der Waals surface area contributed by atoms with Crippen LogP contribution in [0.25, 0.3) is 0 Å². The van der Waals surface area contributed by atoms with Gasteiger partial charge in [-0.25, -0.2) is 4.79 Å². The van der Waals surface area contributed by atoms with E-state index in [2.05, 4.69) is 16.0 Å². The second kappa shape index (κ2) is 5.28. The molecule has 2 aromatic rings. The Balaban J connectivity index is 1.70. The van der Waals surface area contributed by atoms with E-state index in [-0.39, 0.29) is 11.9 Å². The lowest BCUT2D eigenvalue weighted by molar-refractivity contribution is -0.115. The summed E-state index contributed by atoms with van der Waals surface area (Å²) in [6.07, 6.45) is 0.394. The normalized spacial score (nSPS) is 12.5. The van der Waals surface area contributed by atoms with E-state index in [9.17, 15) is 9.59 Å². The van der Waals surface area contributed by atoms with Crippen molar-refractivity contribution in [2.75, 3.05) is 16.0 Å². The molecule has 1 aliphatic heterocycles. The molecule has 0 unspecified atom stereocenters. The number of anilines is 3. The minimum absolute atomic E-state index is 0.0217. The summed E-state index contributed by atoms with van der Waals surface area (Å²) in [7, 11) is 0. The Bertz CT molecular complexity index is 725. The van der Waals surface area contributed by atoms with E-state index in [1.807, 2.05) is 37.3 Å². The topological polar surface area (TPSA) is 70.2 Å². The number of hydrogen-bond donors (Lipinski definition) is 3. The number of rotatable bonds is 2. The zero-order valence-electron chi connectivity index (χ0n) is 11.6. The SMILES string of the molecule is Cc1ccccc1NC(=O)Nc1ccc2c(c1)NC(=O)C2. The molecular weight excluding hydrogens is 266 g/mol. The fourth-order valence-corrected chi connectivity index (χ4v) is 2.29. The first kappa shape index (κ1) is 13.2. The highest BCUT2D eigenvalue weighted by molar-refractivity contribution is 6.03. The number of amides is 3. The largest absolute Gasteiger partial charge is 0.325 e. The Morgan fingerprint density at radius 2 is 1.95 bits per heavy atom. The molecular formula is C16H15N3O2. The highest BCUT2D eigenvalue weighted by Crippen LogP contribution is 2.26. The summed E-state index contributed by atoms with van der Waals surface area (Å²) < 4.78 is 0. The smallest absolute Gasteiger partial charge is 0.323 e. The molecule has 0 saturated heterocycles. The standard InChI is InChI=1S/C16H15N3O2/c1-10-4-2-3-5-13(10)19-16(21)17-12-7-6-11-8-15(20)18-14(11)9-12/h2-7,9H,8H2,1H3,(H,18,20)(H2,17,19,21). The van der Waals surface area contributed by atoms with E-state index in [4.69, 9.17) is 0 Å². The van der Waals surface area contributed by atoms with Crippen LogP contribution in [-0.4, -0.2) is 11.9 Å². The van der Waals surface area contributed by atoms with Gasteiger partial charge in [-0.15, -0.1) is 0 Å². The Morgan fingerprint density at radius 1 is 1.14 bits per heavy atom. The van der Waals surface area contributed by atoms with E-state index in [0.717, 1.165) is 22.5 Å². The Morgan fingerprint density at radius 3 is 2.76 bits per heavy atom. The van der Waals surface area contributed by atoms with Gasteiger partial charge in [0.2, 0.25) is 5.91 Å². The third-order valence-electron chi connectivity index (χ3n) is 3.39. The van der Waals surface area contributed by atoms with Crippen LogP contribution >= 0.6 is 0 Å². The Kier molecular flexibility index (Phi) is 3.31. The van der Waals surface area contributed by atoms with Crippen molar-refractivity contribution >= 4 is 29.0 Å². The van der Waals surface area contributed by atoms with Gasteiger partial charge < -0.3 is 16.0 Å². The molecule has 1 aliphatic rings. The second-order valence-corrected chi connectivity index (χ2v) is 4.99. The molecule has 0 aromatic heterocycles. The van der Waals surface area contributed by atoms with Gasteiger partial charge in [-0.3, -0.25) is 4.79 Å². The average Bonchev–Trinajstić information content (AvgIpc) is 2.80. The minimum atomic E-state index is -0.312. The number of fused-ring (bicyclic) bond motifs is 1. The summed E-state index contributed by atoms with van der Waals surface area (Å²) in [5.41, 5.74) is 4.11. The summed E-state index contributed by atoms with van der Waals surface area (Å²) >= 11 is 0. The average molecular weight is 281 g/mol. The number of aryl methyl sites for hydroxylation is 1. The van der Waals surface area contributed by atoms with Gasteiger partial charge >= 0.3 is 6.03 Å². The van der Waals surface area contributed by atoms with Crippen molar-refractivity contribution in [3.63, 3.8) is 0 Å². The highest BCUT2D eigenvalue weighted by atomic mass is 16.2. The number of carbonyl (C=O) groups excluding carboxylic acids is 2. The highest BCUT2D eigenvalue weighted by Gasteiger charge is 2.17. The molecule has 21 heavy (non-hydrogen) atoms. The third-order valence-corrected chi connectivity index (χ3v) is 3.39. The number of hydrogen-bond acceptors (Lipinski definition) is 2. The van der Waals surface area contributed by atoms with Gasteiger partial charge in [0.05, 0.1) is 6.42 Å². The minimum Gasteiger partial charge on any atom is -0.325 e. The maximum atomic E-state index is 12.0. The van der Waals surface area contributed by atoms with Crippen LogP contribution in [0.2, 0.25) is 0 Å². The van der Waals surface area contributed by atoms with Gasteiger partial charge in [-0.2, -0.15) is 0 Å². The van der Waals surface area contributed by atoms with Crippen LogP contribution in [0.3, 0.4) is 0 Å². The summed E-state index contributed by atoms with van der Waals surface area (Å²) in [6.45, 7) is 1.93. The summed E-state index contributed by atoms with van der Waals surface area (Å²) in [6, 6.07) is 12.6. The van der Waals surface area contributed by atoms with E-state index in [0.29, 0.717) is 12.1 Å². The third kappa shape index (κ3) is 2.86. The van der Waals surface area contributed by atoms with Gasteiger partial charge in [0, 0.05) is 17.1 Å². The molecule has 0 radical (unpaired) electrons. The van der Waals surface area contributed by atoms with E-state index >= 15 is 0 Å². The van der Waals surface area contributed by atoms with Gasteiger partial charge in [0.25, 0.3) is 0 Å². The number of nitrogens with one attached hydrogen (secondary N) is 3. The Labute approximate surface area is 122 Å². The van der Waals surface area contributed by atoms with E-state index in [1.165, 1.54) is 0 Å². The van der Waals surface area contributed by atoms with Crippen LogP contribution in [0, 0.1) is 6.92 Å². The maximum Gasteiger partial charge on any atom is 0.323 e. The summed E-state index contributed by atoms with van der Waals surface area (Å²) in [4.78, 5) is 23.3. The first-order valence-electron chi connectivity index (χ1n) is 6.68. The number of urea groups is 1. The van der Waals surface area contributed by atoms with Crippen molar-refractivity contribution in [2.45, 2.75) is 13.3 Å². The quantitative estimate of drug-likeness (QED) is 0.791. The molecule has 3 N–H and O–H groups in total. The fraction of sp³-hybridized carbons (Fsp3) is 0.125. The van der Waals surface area contributed by atoms with Crippen molar-refractivity contribution in [3.8, 4) is 0 Å². The molecule has 5 nitrogen and oxygen atoms in total. The van der Waals surface area contributed by atoms with Gasteiger partial charge in [0.15, 0.2) is 0 Å². The first-order valence-corrected chi connectivity index (χ1v) is 6.68. The molecule has 3 rings (SSSR count). The van der Waals surface area contributed by atoms with E-state index in [1.54, 1.807) is 12.1 Å². The van der Waals surface area contributed by atoms with Gasteiger partial charge in [-0.1, -0.05) is 24.3 Å². The summed E-state index contributed by atoms with van der Waals surface area (Å²) in [5, 5.41) is 8.32. The molecule has 3 amide bonds. The van der Waals surface area contributed by atoms with Gasteiger partial charge in [-0.05, 0) is 36.2 Å². The predicted molar refractivity (Wildman–Crippen MR) is 82.6 cm³/mol. The van der Waals surface area contributed by atoms with Crippen molar-refractivity contribution in [1.82, 2.24) is 0 Å². The van der Waals surface area contributed by atoms with Crippen molar-refractivity contribution in [1.29, 1.82) is 0 Å². The molecule has 5 heteroatoms. The lowest BCUT2D eigenvalue weighted by atomic mass is 10.1. The molecule has 0 fully saturated rings. The van der Waals surface area contributed by atoms with Gasteiger partial charge in [0.1, 0.15) is 0 Å². The zero-order chi connectivity index (χ0) is 14.8. The van der Waals surface area contributed by atoms with E-state index < -0.39 is 0 Å². The number of para-hydroxylation sites is 1. The van der Waals surface area contributed by atoms with Crippen LogP contribution in [0.1, 0.15) is 11.1 Å².